The molecule has 3 heteroatoms. The fourth-order valence-corrected chi connectivity index (χ4v) is 1.96. The molecule has 18 heavy (non-hydrogen) atoms. The lowest BCUT2D eigenvalue weighted by Crippen LogP contribution is -2.21. The maximum absolute atomic E-state index is 10.8. The van der Waals surface area contributed by atoms with Crippen LogP contribution >= 0.6 is 0 Å². The number of nitrogens with zero attached hydrogens (tertiary/aromatic N) is 1. The molecular formula is C15H23NO2. The van der Waals surface area contributed by atoms with E-state index in [1.165, 1.54) is 5.56 Å². The Kier molecular flexibility index (Phi) is 4.91. The first-order valence-electron chi connectivity index (χ1n) is 6.27. The Bertz CT molecular complexity index is 393. The van der Waals surface area contributed by atoms with Crippen molar-refractivity contribution in [3.8, 4) is 0 Å². The lowest BCUT2D eigenvalue weighted by atomic mass is 9.81. The molecule has 1 aromatic rings. The van der Waals surface area contributed by atoms with Crippen molar-refractivity contribution in [1.29, 1.82) is 0 Å². The Morgan fingerprint density at radius 3 is 2.22 bits per heavy atom. The van der Waals surface area contributed by atoms with Crippen molar-refractivity contribution >= 4 is 5.97 Å². The third kappa shape index (κ3) is 4.49. The average Bonchev–Trinajstić information content (AvgIpc) is 2.25. The van der Waals surface area contributed by atoms with Crippen LogP contribution in [0.15, 0.2) is 24.3 Å². The largest absolute Gasteiger partial charge is 0.481 e. The monoisotopic (exact) mass is 249 g/mol. The van der Waals surface area contributed by atoms with Gasteiger partial charge in [-0.05, 0) is 31.6 Å². The van der Waals surface area contributed by atoms with Crippen molar-refractivity contribution in [2.75, 3.05) is 20.6 Å². The standard InChI is InChI=1S/C15H23NO2/c1-15(2,11-14(17)18)13-7-5-12(6-8-13)9-10-16(3)4/h5-8H,9-11H2,1-4H3,(H,17,18). The van der Waals surface area contributed by atoms with Crippen molar-refractivity contribution in [2.45, 2.75) is 32.1 Å². The molecule has 0 aliphatic carbocycles. The van der Waals surface area contributed by atoms with Crippen LogP contribution in [0.2, 0.25) is 0 Å². The van der Waals surface area contributed by atoms with Gasteiger partial charge < -0.3 is 10.0 Å². The van der Waals surface area contributed by atoms with Crippen molar-refractivity contribution in [3.05, 3.63) is 35.4 Å². The molecule has 3 nitrogen and oxygen atoms in total. The quantitative estimate of drug-likeness (QED) is 0.842. The smallest absolute Gasteiger partial charge is 0.304 e. The summed E-state index contributed by atoms with van der Waals surface area (Å²) in [5.74, 6) is -0.753. The fourth-order valence-electron chi connectivity index (χ4n) is 1.96. The Morgan fingerprint density at radius 1 is 1.22 bits per heavy atom. The highest BCUT2D eigenvalue weighted by atomic mass is 16.4. The minimum Gasteiger partial charge on any atom is -0.481 e. The zero-order valence-corrected chi connectivity index (χ0v) is 11.7. The van der Waals surface area contributed by atoms with Crippen LogP contribution in [-0.2, 0) is 16.6 Å². The zero-order chi connectivity index (χ0) is 13.8. The number of hydrogen-bond donors (Lipinski definition) is 1. The van der Waals surface area contributed by atoms with E-state index in [4.69, 9.17) is 5.11 Å². The van der Waals surface area contributed by atoms with E-state index in [0.717, 1.165) is 18.5 Å². The van der Waals surface area contributed by atoms with E-state index in [2.05, 4.69) is 31.1 Å². The summed E-state index contributed by atoms with van der Waals surface area (Å²) in [6.07, 6.45) is 1.18. The average molecular weight is 249 g/mol. The van der Waals surface area contributed by atoms with Crippen LogP contribution in [0.4, 0.5) is 0 Å². The van der Waals surface area contributed by atoms with E-state index < -0.39 is 5.97 Å². The Morgan fingerprint density at radius 2 is 1.78 bits per heavy atom. The number of carbonyl (C=O) groups is 1. The van der Waals surface area contributed by atoms with Gasteiger partial charge in [-0.1, -0.05) is 38.1 Å². The van der Waals surface area contributed by atoms with E-state index in [1.807, 2.05) is 26.0 Å². The van der Waals surface area contributed by atoms with Crippen molar-refractivity contribution in [3.63, 3.8) is 0 Å². The molecule has 1 N–H and O–H groups in total. The molecule has 0 aliphatic rings. The first-order chi connectivity index (χ1) is 8.31. The maximum atomic E-state index is 10.8. The molecular weight excluding hydrogens is 226 g/mol. The van der Waals surface area contributed by atoms with Gasteiger partial charge in [0.05, 0.1) is 6.42 Å². The second kappa shape index (κ2) is 6.01. The van der Waals surface area contributed by atoms with Crippen LogP contribution in [0.3, 0.4) is 0 Å². The van der Waals surface area contributed by atoms with Gasteiger partial charge >= 0.3 is 5.97 Å². The molecule has 1 rings (SSSR count). The van der Waals surface area contributed by atoms with Gasteiger partial charge in [-0.15, -0.1) is 0 Å². The van der Waals surface area contributed by atoms with E-state index in [9.17, 15) is 4.79 Å². The predicted octanol–water partition coefficient (Wildman–Crippen LogP) is 2.54. The van der Waals surface area contributed by atoms with Crippen molar-refractivity contribution < 1.29 is 9.90 Å². The maximum Gasteiger partial charge on any atom is 0.304 e. The Labute approximate surface area is 109 Å². The third-order valence-electron chi connectivity index (χ3n) is 3.18. The Hall–Kier alpha value is -1.35. The minimum absolute atomic E-state index is 0.157. The summed E-state index contributed by atoms with van der Waals surface area (Å²) in [5, 5.41) is 8.90. The molecule has 0 unspecified atom stereocenters. The number of hydrogen-bond acceptors (Lipinski definition) is 2. The molecule has 0 heterocycles. The molecule has 0 atom stereocenters. The fraction of sp³-hybridized carbons (Fsp3) is 0.533. The predicted molar refractivity (Wildman–Crippen MR) is 74.0 cm³/mol. The molecule has 0 spiro atoms. The highest BCUT2D eigenvalue weighted by molar-refractivity contribution is 5.68. The minimum atomic E-state index is -0.753. The van der Waals surface area contributed by atoms with Gasteiger partial charge in [-0.2, -0.15) is 0 Å². The first kappa shape index (κ1) is 14.7. The molecule has 0 bridgehead atoms. The van der Waals surface area contributed by atoms with Crippen LogP contribution in [0.5, 0.6) is 0 Å². The second-order valence-corrected chi connectivity index (χ2v) is 5.70. The van der Waals surface area contributed by atoms with Crippen LogP contribution in [-0.4, -0.2) is 36.6 Å². The summed E-state index contributed by atoms with van der Waals surface area (Å²) < 4.78 is 0. The normalized spacial score (nSPS) is 11.8. The van der Waals surface area contributed by atoms with Crippen molar-refractivity contribution in [1.82, 2.24) is 4.90 Å². The lowest BCUT2D eigenvalue weighted by molar-refractivity contribution is -0.138. The molecule has 100 valence electrons. The Balaban J connectivity index is 2.72. The highest BCUT2D eigenvalue weighted by Gasteiger charge is 2.23. The summed E-state index contributed by atoms with van der Waals surface area (Å²) in [6, 6.07) is 8.30. The van der Waals surface area contributed by atoms with Gasteiger partial charge in [0.2, 0.25) is 0 Å². The number of rotatable bonds is 6. The number of carboxylic acids is 1. The molecule has 0 aromatic heterocycles. The topological polar surface area (TPSA) is 40.5 Å². The summed E-state index contributed by atoms with van der Waals surface area (Å²) >= 11 is 0. The van der Waals surface area contributed by atoms with Crippen LogP contribution in [0.25, 0.3) is 0 Å². The lowest BCUT2D eigenvalue weighted by Gasteiger charge is -2.23. The summed E-state index contributed by atoms with van der Waals surface area (Å²) in [4.78, 5) is 13.0. The second-order valence-electron chi connectivity index (χ2n) is 5.70. The van der Waals surface area contributed by atoms with Crippen LogP contribution in [0.1, 0.15) is 31.4 Å². The molecule has 0 saturated carbocycles. The van der Waals surface area contributed by atoms with Crippen molar-refractivity contribution in [2.24, 2.45) is 0 Å². The van der Waals surface area contributed by atoms with E-state index >= 15 is 0 Å². The van der Waals surface area contributed by atoms with Gasteiger partial charge in [0.15, 0.2) is 0 Å². The van der Waals surface area contributed by atoms with Gasteiger partial charge in [0.25, 0.3) is 0 Å². The summed E-state index contributed by atoms with van der Waals surface area (Å²) in [7, 11) is 4.12. The molecule has 0 amide bonds. The summed E-state index contributed by atoms with van der Waals surface area (Å²) in [6.45, 7) is 4.96. The van der Waals surface area contributed by atoms with Crippen LogP contribution in [0, 0.1) is 0 Å². The zero-order valence-electron chi connectivity index (χ0n) is 11.7. The molecule has 0 radical (unpaired) electrons. The van der Waals surface area contributed by atoms with E-state index in [0.29, 0.717) is 0 Å². The molecule has 0 fully saturated rings. The third-order valence-corrected chi connectivity index (χ3v) is 3.18. The highest BCUT2D eigenvalue weighted by Crippen LogP contribution is 2.27. The van der Waals surface area contributed by atoms with E-state index in [-0.39, 0.29) is 11.8 Å². The number of likely N-dealkylation sites (N-methyl/N-ethyl adjacent to an activating group) is 1. The first-order valence-corrected chi connectivity index (χ1v) is 6.27. The number of benzene rings is 1. The van der Waals surface area contributed by atoms with E-state index in [1.54, 1.807) is 0 Å². The number of carboxylic acid groups (broad SMARTS) is 1. The van der Waals surface area contributed by atoms with Gasteiger partial charge in [0.1, 0.15) is 0 Å². The molecule has 1 aromatic carbocycles. The van der Waals surface area contributed by atoms with Gasteiger partial charge in [-0.3, -0.25) is 4.79 Å². The van der Waals surface area contributed by atoms with Gasteiger partial charge in [-0.25, -0.2) is 0 Å². The summed E-state index contributed by atoms with van der Waals surface area (Å²) in [5.41, 5.74) is 2.06. The SMILES string of the molecule is CN(C)CCc1ccc(C(C)(C)CC(=O)O)cc1. The number of aliphatic carboxylic acids is 1. The van der Waals surface area contributed by atoms with Gasteiger partial charge in [0, 0.05) is 12.0 Å². The van der Waals surface area contributed by atoms with Crippen LogP contribution < -0.4 is 0 Å². The molecule has 0 aliphatic heterocycles. The molecule has 0 saturated heterocycles.